The lowest BCUT2D eigenvalue weighted by Crippen LogP contribution is -2.29. The number of hydrogen-bond acceptors (Lipinski definition) is 3. The number of hydrogen-bond donors (Lipinski definition) is 2. The summed E-state index contributed by atoms with van der Waals surface area (Å²) >= 11 is 6.04. The lowest BCUT2D eigenvalue weighted by molar-refractivity contribution is -0.126. The summed E-state index contributed by atoms with van der Waals surface area (Å²) in [6.07, 6.45) is 5.38. The summed E-state index contributed by atoms with van der Waals surface area (Å²) in [6, 6.07) is 5.37. The molecule has 24 heavy (non-hydrogen) atoms. The van der Waals surface area contributed by atoms with Gasteiger partial charge in [0.2, 0.25) is 11.8 Å². The molecule has 2 rings (SSSR count). The smallest absolute Gasteiger partial charge is 0.243 e. The van der Waals surface area contributed by atoms with Crippen LogP contribution in [0.1, 0.15) is 51.0 Å². The van der Waals surface area contributed by atoms with Gasteiger partial charge in [-0.1, -0.05) is 36.9 Å². The highest BCUT2D eigenvalue weighted by Gasteiger charge is 2.20. The highest BCUT2D eigenvalue weighted by atomic mass is 35.5. The van der Waals surface area contributed by atoms with Crippen LogP contribution in [-0.2, 0) is 9.59 Å². The van der Waals surface area contributed by atoms with E-state index in [0.29, 0.717) is 16.4 Å². The molecule has 0 bridgehead atoms. The molecule has 0 unspecified atom stereocenters. The Morgan fingerprint density at radius 2 is 1.96 bits per heavy atom. The van der Waals surface area contributed by atoms with Crippen LogP contribution < -0.4 is 10.7 Å². The minimum absolute atomic E-state index is 0.0419. The van der Waals surface area contributed by atoms with Crippen molar-refractivity contribution in [2.24, 2.45) is 11.0 Å². The first-order valence-corrected chi connectivity index (χ1v) is 8.72. The summed E-state index contributed by atoms with van der Waals surface area (Å²) in [6.45, 7) is 3.63. The van der Waals surface area contributed by atoms with E-state index in [9.17, 15) is 9.59 Å². The number of rotatable bonds is 5. The van der Waals surface area contributed by atoms with Gasteiger partial charge in [0, 0.05) is 22.3 Å². The van der Waals surface area contributed by atoms with Crippen LogP contribution in [0.25, 0.3) is 0 Å². The number of anilines is 1. The molecule has 5 nitrogen and oxygen atoms in total. The highest BCUT2D eigenvalue weighted by molar-refractivity contribution is 6.31. The van der Waals surface area contributed by atoms with Crippen molar-refractivity contribution in [2.45, 2.75) is 52.4 Å². The average molecular weight is 350 g/mol. The largest absolute Gasteiger partial charge is 0.326 e. The summed E-state index contributed by atoms with van der Waals surface area (Å²) in [5.74, 6) is -0.179. The Morgan fingerprint density at radius 1 is 1.25 bits per heavy atom. The van der Waals surface area contributed by atoms with Crippen LogP contribution in [0.5, 0.6) is 0 Å². The molecule has 1 aromatic carbocycles. The number of hydrazone groups is 1. The van der Waals surface area contributed by atoms with Crippen LogP contribution in [-0.4, -0.2) is 17.5 Å². The molecule has 1 saturated carbocycles. The Morgan fingerprint density at radius 3 is 2.62 bits per heavy atom. The van der Waals surface area contributed by atoms with Crippen molar-refractivity contribution in [3.63, 3.8) is 0 Å². The number of carbonyl (C=O) groups excluding carboxylic acids is 2. The Labute approximate surface area is 147 Å². The maximum Gasteiger partial charge on any atom is 0.243 e. The Balaban J connectivity index is 1.81. The molecule has 2 amide bonds. The standard InChI is InChI=1S/C18H24ClN3O2/c1-12-8-9-15(11-16(12)19)20-17(23)10-13(2)21-22-18(24)14-6-4-3-5-7-14/h8-9,11,14H,3-7,10H2,1-2H3,(H,20,23)(H,22,24). The van der Waals surface area contributed by atoms with Crippen LogP contribution in [0, 0.1) is 12.8 Å². The Hall–Kier alpha value is -1.88. The van der Waals surface area contributed by atoms with Crippen molar-refractivity contribution in [3.8, 4) is 0 Å². The summed E-state index contributed by atoms with van der Waals surface area (Å²) in [4.78, 5) is 24.0. The third kappa shape index (κ3) is 5.64. The molecule has 6 heteroatoms. The van der Waals surface area contributed by atoms with Crippen molar-refractivity contribution in [3.05, 3.63) is 28.8 Å². The van der Waals surface area contributed by atoms with Gasteiger partial charge in [0.05, 0.1) is 6.42 Å². The van der Waals surface area contributed by atoms with E-state index in [4.69, 9.17) is 11.6 Å². The van der Waals surface area contributed by atoms with E-state index in [-0.39, 0.29) is 24.2 Å². The zero-order valence-electron chi connectivity index (χ0n) is 14.2. The van der Waals surface area contributed by atoms with E-state index in [2.05, 4.69) is 15.8 Å². The molecule has 0 radical (unpaired) electrons. The normalized spacial score (nSPS) is 15.9. The van der Waals surface area contributed by atoms with Gasteiger partial charge in [-0.05, 0) is 44.4 Å². The first kappa shape index (κ1) is 18.5. The molecule has 0 atom stereocenters. The van der Waals surface area contributed by atoms with Crippen LogP contribution >= 0.6 is 11.6 Å². The molecule has 0 saturated heterocycles. The Bertz CT molecular complexity index is 637. The fourth-order valence-corrected chi connectivity index (χ4v) is 2.93. The lowest BCUT2D eigenvalue weighted by Gasteiger charge is -2.19. The third-order valence-electron chi connectivity index (χ3n) is 4.20. The van der Waals surface area contributed by atoms with Gasteiger partial charge in [0.25, 0.3) is 0 Å². The van der Waals surface area contributed by atoms with Crippen LogP contribution in [0.15, 0.2) is 23.3 Å². The van der Waals surface area contributed by atoms with E-state index < -0.39 is 0 Å². The monoisotopic (exact) mass is 349 g/mol. The SMILES string of the molecule is CC(CC(=O)Nc1ccc(C)c(Cl)c1)=NNC(=O)C1CCCCC1. The minimum atomic E-state index is -0.192. The molecule has 130 valence electrons. The van der Waals surface area contributed by atoms with E-state index in [1.165, 1.54) is 6.42 Å². The van der Waals surface area contributed by atoms with Crippen LogP contribution in [0.4, 0.5) is 5.69 Å². The third-order valence-corrected chi connectivity index (χ3v) is 4.61. The number of benzene rings is 1. The molecule has 1 fully saturated rings. The minimum Gasteiger partial charge on any atom is -0.326 e. The summed E-state index contributed by atoms with van der Waals surface area (Å²) < 4.78 is 0. The van der Waals surface area contributed by atoms with Crippen molar-refractivity contribution in [2.75, 3.05) is 5.32 Å². The van der Waals surface area contributed by atoms with Gasteiger partial charge in [0.1, 0.15) is 0 Å². The van der Waals surface area contributed by atoms with Crippen LogP contribution in [0.2, 0.25) is 5.02 Å². The molecule has 1 aromatic rings. The summed E-state index contributed by atoms with van der Waals surface area (Å²) in [5.41, 5.74) is 4.75. The number of amides is 2. The maximum absolute atomic E-state index is 12.0. The van der Waals surface area contributed by atoms with Crippen molar-refractivity contribution in [1.29, 1.82) is 0 Å². The molecule has 2 N–H and O–H groups in total. The van der Waals surface area contributed by atoms with Gasteiger partial charge in [0.15, 0.2) is 0 Å². The molecule has 0 spiro atoms. The van der Waals surface area contributed by atoms with Gasteiger partial charge in [-0.3, -0.25) is 9.59 Å². The van der Waals surface area contributed by atoms with E-state index >= 15 is 0 Å². The van der Waals surface area contributed by atoms with Gasteiger partial charge in [-0.2, -0.15) is 5.10 Å². The second-order valence-electron chi connectivity index (χ2n) is 6.35. The summed E-state index contributed by atoms with van der Waals surface area (Å²) in [7, 11) is 0. The van der Waals surface area contributed by atoms with E-state index in [1.54, 1.807) is 19.1 Å². The molecular weight excluding hydrogens is 326 g/mol. The quantitative estimate of drug-likeness (QED) is 0.621. The predicted octanol–water partition coefficient (Wildman–Crippen LogP) is 4.05. The topological polar surface area (TPSA) is 70.6 Å². The first-order chi connectivity index (χ1) is 11.5. The number of halogens is 1. The molecule has 1 aliphatic rings. The molecular formula is C18H24ClN3O2. The Kier molecular flexibility index (Phi) is 6.79. The average Bonchev–Trinajstić information content (AvgIpc) is 2.56. The number of aryl methyl sites for hydroxylation is 1. The highest BCUT2D eigenvalue weighted by Crippen LogP contribution is 2.23. The zero-order chi connectivity index (χ0) is 17.5. The van der Waals surface area contributed by atoms with Gasteiger partial charge < -0.3 is 5.32 Å². The van der Waals surface area contributed by atoms with Crippen LogP contribution in [0.3, 0.4) is 0 Å². The number of nitrogens with zero attached hydrogens (tertiary/aromatic N) is 1. The zero-order valence-corrected chi connectivity index (χ0v) is 14.9. The molecule has 1 aliphatic carbocycles. The molecule has 0 heterocycles. The lowest BCUT2D eigenvalue weighted by atomic mass is 9.89. The fraction of sp³-hybridized carbons (Fsp3) is 0.500. The number of nitrogens with one attached hydrogen (secondary N) is 2. The van der Waals surface area contributed by atoms with E-state index in [1.807, 2.05) is 13.0 Å². The predicted molar refractivity (Wildman–Crippen MR) is 97.3 cm³/mol. The van der Waals surface area contributed by atoms with Crippen molar-refractivity contribution < 1.29 is 9.59 Å². The van der Waals surface area contributed by atoms with Crippen molar-refractivity contribution in [1.82, 2.24) is 5.43 Å². The van der Waals surface area contributed by atoms with Gasteiger partial charge in [-0.25, -0.2) is 5.43 Å². The fourth-order valence-electron chi connectivity index (χ4n) is 2.75. The summed E-state index contributed by atoms with van der Waals surface area (Å²) in [5, 5.41) is 7.43. The second-order valence-corrected chi connectivity index (χ2v) is 6.75. The molecule has 0 aliphatic heterocycles. The van der Waals surface area contributed by atoms with Crippen molar-refractivity contribution >= 4 is 34.8 Å². The number of carbonyl (C=O) groups is 2. The second kappa shape index (κ2) is 8.83. The van der Waals surface area contributed by atoms with Gasteiger partial charge in [-0.15, -0.1) is 0 Å². The van der Waals surface area contributed by atoms with E-state index in [0.717, 1.165) is 31.2 Å². The van der Waals surface area contributed by atoms with Gasteiger partial charge >= 0.3 is 0 Å². The first-order valence-electron chi connectivity index (χ1n) is 8.34. The molecule has 0 aromatic heterocycles. The maximum atomic E-state index is 12.0.